The number of thioether (sulfide) groups is 1. The van der Waals surface area contributed by atoms with Gasteiger partial charge in [-0.05, 0) is 40.2 Å². The van der Waals surface area contributed by atoms with Crippen molar-refractivity contribution in [3.63, 3.8) is 0 Å². The predicted octanol–water partition coefficient (Wildman–Crippen LogP) is 5.16. The van der Waals surface area contributed by atoms with Crippen molar-refractivity contribution in [3.05, 3.63) is 51.7 Å². The minimum Gasteiger partial charge on any atom is -0.462 e. The summed E-state index contributed by atoms with van der Waals surface area (Å²) >= 11 is 2.71. The van der Waals surface area contributed by atoms with Crippen LogP contribution in [-0.4, -0.2) is 33.6 Å². The highest BCUT2D eigenvalue weighted by molar-refractivity contribution is 8.00. The Morgan fingerprint density at radius 2 is 1.82 bits per heavy atom. The number of benzene rings is 1. The standard InChI is InChI=1S/C21H22N2O3S2/c1-6-26-21(25)18-12(3)16-19(22-14(5)23-20(16)28-18)27-13(4)17(24)15-9-7-11(2)8-10-15/h7-10,13H,6H2,1-5H3/t13-/m0/s1. The van der Waals surface area contributed by atoms with Gasteiger partial charge in [-0.1, -0.05) is 41.6 Å². The summed E-state index contributed by atoms with van der Waals surface area (Å²) in [6.45, 7) is 9.66. The molecule has 2 heterocycles. The van der Waals surface area contributed by atoms with Crippen molar-refractivity contribution in [3.8, 4) is 0 Å². The number of hydrogen-bond donors (Lipinski definition) is 0. The molecule has 0 bridgehead atoms. The summed E-state index contributed by atoms with van der Waals surface area (Å²) in [6, 6.07) is 7.58. The molecule has 0 saturated heterocycles. The van der Waals surface area contributed by atoms with E-state index in [2.05, 4.69) is 9.97 Å². The Morgan fingerprint density at radius 1 is 1.14 bits per heavy atom. The number of rotatable bonds is 6. The zero-order valence-electron chi connectivity index (χ0n) is 16.5. The fraction of sp³-hybridized carbons (Fsp3) is 0.333. The van der Waals surface area contributed by atoms with Crippen LogP contribution in [0.3, 0.4) is 0 Å². The Balaban J connectivity index is 1.96. The molecule has 0 amide bonds. The molecule has 146 valence electrons. The molecular formula is C21H22N2O3S2. The lowest BCUT2D eigenvalue weighted by Gasteiger charge is -2.12. The third-order valence-electron chi connectivity index (χ3n) is 4.32. The Bertz CT molecular complexity index is 1040. The summed E-state index contributed by atoms with van der Waals surface area (Å²) in [5, 5.41) is 1.23. The molecular weight excluding hydrogens is 392 g/mol. The number of hydrogen-bond acceptors (Lipinski definition) is 7. The fourth-order valence-corrected chi connectivity index (χ4v) is 5.17. The second-order valence-electron chi connectivity index (χ2n) is 6.52. The molecule has 1 aromatic carbocycles. The van der Waals surface area contributed by atoms with Gasteiger partial charge in [0.1, 0.15) is 20.6 Å². The molecule has 2 aromatic heterocycles. The zero-order valence-corrected chi connectivity index (χ0v) is 18.2. The van der Waals surface area contributed by atoms with Crippen molar-refractivity contribution in [2.75, 3.05) is 6.61 Å². The molecule has 7 heteroatoms. The number of carbonyl (C=O) groups is 2. The number of ether oxygens (including phenoxy) is 1. The Morgan fingerprint density at radius 3 is 2.46 bits per heavy atom. The first kappa shape index (κ1) is 20.5. The van der Waals surface area contributed by atoms with Gasteiger partial charge < -0.3 is 4.74 Å². The third kappa shape index (κ3) is 4.10. The van der Waals surface area contributed by atoms with Crippen molar-refractivity contribution in [2.45, 2.75) is 44.9 Å². The molecule has 3 aromatic rings. The maximum atomic E-state index is 12.8. The first-order valence-electron chi connectivity index (χ1n) is 9.04. The zero-order chi connectivity index (χ0) is 20.4. The molecule has 0 saturated carbocycles. The Labute approximate surface area is 172 Å². The van der Waals surface area contributed by atoms with Gasteiger partial charge >= 0.3 is 5.97 Å². The fourth-order valence-electron chi connectivity index (χ4n) is 2.85. The summed E-state index contributed by atoms with van der Waals surface area (Å²) in [5.41, 5.74) is 2.60. The molecule has 0 fully saturated rings. The van der Waals surface area contributed by atoms with Crippen LogP contribution in [0.25, 0.3) is 10.2 Å². The minimum absolute atomic E-state index is 0.0490. The number of thiophene rings is 1. The van der Waals surface area contributed by atoms with Gasteiger partial charge in [0.2, 0.25) is 0 Å². The van der Waals surface area contributed by atoms with Crippen LogP contribution < -0.4 is 0 Å². The van der Waals surface area contributed by atoms with Gasteiger partial charge in [-0.2, -0.15) is 0 Å². The van der Waals surface area contributed by atoms with Gasteiger partial charge in [-0.25, -0.2) is 14.8 Å². The minimum atomic E-state index is -0.347. The lowest BCUT2D eigenvalue weighted by molar-refractivity contribution is 0.0531. The summed E-state index contributed by atoms with van der Waals surface area (Å²) in [6.07, 6.45) is 0. The molecule has 0 aliphatic rings. The van der Waals surface area contributed by atoms with E-state index in [-0.39, 0.29) is 17.0 Å². The van der Waals surface area contributed by atoms with Crippen LogP contribution in [0.1, 0.15) is 50.8 Å². The second-order valence-corrected chi connectivity index (χ2v) is 8.85. The molecule has 5 nitrogen and oxygen atoms in total. The van der Waals surface area contributed by atoms with Crippen molar-refractivity contribution in [1.29, 1.82) is 0 Å². The van der Waals surface area contributed by atoms with E-state index >= 15 is 0 Å². The van der Waals surface area contributed by atoms with E-state index in [1.165, 1.54) is 23.1 Å². The largest absolute Gasteiger partial charge is 0.462 e. The first-order chi connectivity index (χ1) is 13.3. The quantitative estimate of drug-likeness (QED) is 0.240. The van der Waals surface area contributed by atoms with E-state index in [4.69, 9.17) is 4.74 Å². The van der Waals surface area contributed by atoms with Crippen LogP contribution in [0, 0.1) is 20.8 Å². The van der Waals surface area contributed by atoms with Gasteiger partial charge in [-0.3, -0.25) is 4.79 Å². The van der Waals surface area contributed by atoms with E-state index in [0.717, 1.165) is 26.4 Å². The highest BCUT2D eigenvalue weighted by atomic mass is 32.2. The van der Waals surface area contributed by atoms with E-state index < -0.39 is 0 Å². The monoisotopic (exact) mass is 414 g/mol. The van der Waals surface area contributed by atoms with Gasteiger partial charge in [-0.15, -0.1) is 11.3 Å². The van der Waals surface area contributed by atoms with E-state index in [1.807, 2.05) is 52.0 Å². The summed E-state index contributed by atoms with van der Waals surface area (Å²) in [4.78, 5) is 35.4. The van der Waals surface area contributed by atoms with Crippen LogP contribution in [0.15, 0.2) is 29.3 Å². The molecule has 0 spiro atoms. The van der Waals surface area contributed by atoms with Crippen molar-refractivity contribution in [2.24, 2.45) is 0 Å². The predicted molar refractivity (Wildman–Crippen MR) is 114 cm³/mol. The maximum absolute atomic E-state index is 12.8. The molecule has 1 atom stereocenters. The van der Waals surface area contributed by atoms with Crippen LogP contribution in [0.4, 0.5) is 0 Å². The van der Waals surface area contributed by atoms with Gasteiger partial charge in [0.25, 0.3) is 0 Å². The summed E-state index contributed by atoms with van der Waals surface area (Å²) in [7, 11) is 0. The van der Waals surface area contributed by atoms with Gasteiger partial charge in [0.15, 0.2) is 5.78 Å². The third-order valence-corrected chi connectivity index (χ3v) is 6.58. The number of Topliss-reactive ketones (excluding diaryl/α,β-unsaturated/α-hetero) is 1. The van der Waals surface area contributed by atoms with E-state index in [0.29, 0.717) is 22.9 Å². The number of nitrogens with zero attached hydrogens (tertiary/aromatic N) is 2. The van der Waals surface area contributed by atoms with Crippen LogP contribution >= 0.6 is 23.1 Å². The van der Waals surface area contributed by atoms with Crippen molar-refractivity contribution < 1.29 is 14.3 Å². The number of ketones is 1. The van der Waals surface area contributed by atoms with Crippen LogP contribution in [0.5, 0.6) is 0 Å². The van der Waals surface area contributed by atoms with E-state index in [1.54, 1.807) is 6.92 Å². The first-order valence-corrected chi connectivity index (χ1v) is 10.7. The SMILES string of the molecule is CCOC(=O)c1sc2nc(C)nc(S[C@@H](C)C(=O)c3ccc(C)cc3)c2c1C. The number of fused-ring (bicyclic) bond motifs is 1. The normalized spacial score (nSPS) is 12.2. The Hall–Kier alpha value is -2.25. The molecule has 28 heavy (non-hydrogen) atoms. The maximum Gasteiger partial charge on any atom is 0.348 e. The number of aryl methyl sites for hydroxylation is 3. The van der Waals surface area contributed by atoms with Gasteiger partial charge in [0, 0.05) is 10.9 Å². The highest BCUT2D eigenvalue weighted by Crippen LogP contribution is 2.37. The number of carbonyl (C=O) groups excluding carboxylic acids is 2. The number of aromatic nitrogens is 2. The molecule has 0 N–H and O–H groups in total. The molecule has 0 unspecified atom stereocenters. The lowest BCUT2D eigenvalue weighted by atomic mass is 10.1. The molecule has 3 rings (SSSR count). The average Bonchev–Trinajstić information content (AvgIpc) is 2.98. The average molecular weight is 415 g/mol. The van der Waals surface area contributed by atoms with Crippen LogP contribution in [-0.2, 0) is 4.74 Å². The Kier molecular flexibility index (Phi) is 6.15. The highest BCUT2D eigenvalue weighted by Gasteiger charge is 2.24. The lowest BCUT2D eigenvalue weighted by Crippen LogP contribution is -2.14. The van der Waals surface area contributed by atoms with Crippen LogP contribution in [0.2, 0.25) is 0 Å². The molecule has 0 radical (unpaired) electrons. The summed E-state index contributed by atoms with van der Waals surface area (Å²) < 4.78 is 5.16. The topological polar surface area (TPSA) is 69.2 Å². The van der Waals surface area contributed by atoms with Gasteiger partial charge in [0.05, 0.1) is 11.9 Å². The van der Waals surface area contributed by atoms with Crippen molar-refractivity contribution in [1.82, 2.24) is 9.97 Å². The molecule has 0 aliphatic heterocycles. The van der Waals surface area contributed by atoms with E-state index in [9.17, 15) is 9.59 Å². The molecule has 0 aliphatic carbocycles. The summed E-state index contributed by atoms with van der Waals surface area (Å²) in [5.74, 6) is 0.315. The smallest absolute Gasteiger partial charge is 0.348 e. The van der Waals surface area contributed by atoms with Crippen molar-refractivity contribution >= 4 is 45.1 Å². The second kappa shape index (κ2) is 8.41. The number of esters is 1.